The molecule has 1 saturated heterocycles. The summed E-state index contributed by atoms with van der Waals surface area (Å²) in [4.78, 5) is 31.8. The molecule has 4 saturated carbocycles. The van der Waals surface area contributed by atoms with Crippen LogP contribution in [0.15, 0.2) is 12.1 Å². The molecule has 1 amide bonds. The molecule has 3 unspecified atom stereocenters. The Bertz CT molecular complexity index is 1030. The molecule has 4 atom stereocenters. The second-order valence-corrected chi connectivity index (χ2v) is 12.2. The SMILES string of the molecule is CC(C)Oc1nc(N2CCC[C@@H](C(C)C(=O)O)C2)ccc1C(=O)NC1C2CC3CC1CC(OC(F)F)(C3)C2. The summed E-state index contributed by atoms with van der Waals surface area (Å²) < 4.78 is 37.4. The molecule has 4 aliphatic carbocycles. The number of amides is 1. The summed E-state index contributed by atoms with van der Waals surface area (Å²) in [5.41, 5.74) is -0.409. The summed E-state index contributed by atoms with van der Waals surface area (Å²) >= 11 is 0. The van der Waals surface area contributed by atoms with Gasteiger partial charge >= 0.3 is 12.6 Å². The third kappa shape index (κ3) is 5.46. The van der Waals surface area contributed by atoms with E-state index in [1.54, 1.807) is 19.1 Å². The Kier molecular flexibility index (Phi) is 7.55. The van der Waals surface area contributed by atoms with Gasteiger partial charge in [-0.3, -0.25) is 9.59 Å². The number of hydrogen-bond donors (Lipinski definition) is 2. The number of anilines is 1. The minimum Gasteiger partial charge on any atom is -0.481 e. The van der Waals surface area contributed by atoms with Crippen molar-refractivity contribution < 1.29 is 33.0 Å². The number of piperidine rings is 1. The van der Waals surface area contributed by atoms with E-state index in [1.165, 1.54) is 0 Å². The third-order valence-corrected chi connectivity index (χ3v) is 9.17. The highest BCUT2D eigenvalue weighted by atomic mass is 19.3. The Morgan fingerprint density at radius 2 is 1.87 bits per heavy atom. The van der Waals surface area contributed by atoms with Gasteiger partial charge in [0.05, 0.1) is 17.6 Å². The van der Waals surface area contributed by atoms with Crippen LogP contribution in [-0.2, 0) is 9.53 Å². The van der Waals surface area contributed by atoms with Gasteiger partial charge in [-0.15, -0.1) is 0 Å². The van der Waals surface area contributed by atoms with E-state index in [0.717, 1.165) is 32.2 Å². The standard InChI is InChI=1S/C28H39F2N3O5/c1-15(2)37-25-21(6-7-22(31-25)33-8-4-5-18(14-33)16(3)26(35)36)24(34)32-23-19-9-17-10-20(23)13-28(11-17,12-19)38-27(29)30/h6-7,15-20,23,27H,4-5,8-14H2,1-3H3,(H,32,34)(H,35,36)/t16?,17?,18-,19?,20?,23?,28?/m1/s1. The smallest absolute Gasteiger partial charge is 0.345 e. The van der Waals surface area contributed by atoms with Gasteiger partial charge in [0.2, 0.25) is 5.88 Å². The Labute approximate surface area is 222 Å². The number of rotatable bonds is 9. The molecule has 2 heterocycles. The molecule has 5 aliphatic rings. The second-order valence-electron chi connectivity index (χ2n) is 12.2. The second kappa shape index (κ2) is 10.6. The van der Waals surface area contributed by atoms with Crippen molar-refractivity contribution in [1.82, 2.24) is 10.3 Å². The first-order chi connectivity index (χ1) is 18.0. The maximum absolute atomic E-state index is 13.5. The van der Waals surface area contributed by atoms with Crippen LogP contribution in [0.3, 0.4) is 0 Å². The number of alkyl halides is 2. The van der Waals surface area contributed by atoms with E-state index in [9.17, 15) is 23.5 Å². The quantitative estimate of drug-likeness (QED) is 0.472. The summed E-state index contributed by atoms with van der Waals surface area (Å²) in [6.07, 6.45) is 5.16. The molecule has 5 fully saturated rings. The molecule has 210 valence electrons. The number of halogens is 2. The van der Waals surface area contributed by atoms with E-state index in [2.05, 4.69) is 10.2 Å². The van der Waals surface area contributed by atoms with Crippen LogP contribution >= 0.6 is 0 Å². The highest BCUT2D eigenvalue weighted by Gasteiger charge is 2.57. The normalized spacial score (nSPS) is 33.0. The fraction of sp³-hybridized carbons (Fsp3) is 0.750. The van der Waals surface area contributed by atoms with Crippen molar-refractivity contribution in [3.63, 3.8) is 0 Å². The van der Waals surface area contributed by atoms with E-state index < -0.39 is 24.1 Å². The first kappa shape index (κ1) is 27.1. The number of carbonyl (C=O) groups excluding carboxylic acids is 1. The monoisotopic (exact) mass is 535 g/mol. The molecule has 1 aromatic rings. The Morgan fingerprint density at radius 3 is 2.50 bits per heavy atom. The summed E-state index contributed by atoms with van der Waals surface area (Å²) in [5.74, 6) is 0.0472. The van der Waals surface area contributed by atoms with Crippen molar-refractivity contribution in [3.8, 4) is 5.88 Å². The Morgan fingerprint density at radius 1 is 1.16 bits per heavy atom. The molecular weight excluding hydrogens is 496 g/mol. The van der Waals surface area contributed by atoms with Gasteiger partial charge in [-0.2, -0.15) is 13.8 Å². The van der Waals surface area contributed by atoms with E-state index >= 15 is 0 Å². The number of nitrogens with zero attached hydrogens (tertiary/aromatic N) is 2. The van der Waals surface area contributed by atoms with Crippen molar-refractivity contribution in [2.45, 2.75) is 90.1 Å². The molecule has 4 bridgehead atoms. The number of nitrogens with one attached hydrogen (secondary N) is 1. The van der Waals surface area contributed by atoms with Crippen LogP contribution < -0.4 is 15.0 Å². The Balaban J connectivity index is 1.32. The van der Waals surface area contributed by atoms with Crippen molar-refractivity contribution in [2.75, 3.05) is 18.0 Å². The van der Waals surface area contributed by atoms with Crippen molar-refractivity contribution in [3.05, 3.63) is 17.7 Å². The van der Waals surface area contributed by atoms with Crippen LogP contribution in [0.2, 0.25) is 0 Å². The first-order valence-electron chi connectivity index (χ1n) is 14.0. The number of aliphatic carboxylic acids is 1. The molecule has 8 nitrogen and oxygen atoms in total. The number of ether oxygens (including phenoxy) is 2. The molecule has 0 aromatic carbocycles. The molecule has 0 spiro atoms. The number of pyridine rings is 1. The summed E-state index contributed by atoms with van der Waals surface area (Å²) in [7, 11) is 0. The molecule has 1 aliphatic heterocycles. The molecule has 1 aromatic heterocycles. The number of aromatic nitrogens is 1. The zero-order valence-corrected chi connectivity index (χ0v) is 22.4. The number of carboxylic acids is 1. The first-order valence-corrected chi connectivity index (χ1v) is 14.0. The zero-order valence-electron chi connectivity index (χ0n) is 22.4. The number of carboxylic acid groups (broad SMARTS) is 1. The maximum Gasteiger partial charge on any atom is 0.345 e. The van der Waals surface area contributed by atoms with Gasteiger partial charge in [0, 0.05) is 19.1 Å². The lowest BCUT2D eigenvalue weighted by atomic mass is 9.52. The van der Waals surface area contributed by atoms with Gasteiger partial charge < -0.3 is 24.8 Å². The lowest BCUT2D eigenvalue weighted by Crippen LogP contribution is -2.62. The molecule has 2 N–H and O–H groups in total. The van der Waals surface area contributed by atoms with Crippen LogP contribution in [0, 0.1) is 29.6 Å². The van der Waals surface area contributed by atoms with Crippen molar-refractivity contribution in [1.29, 1.82) is 0 Å². The predicted octanol–water partition coefficient (Wildman–Crippen LogP) is 4.72. The van der Waals surface area contributed by atoms with Gasteiger partial charge in [-0.1, -0.05) is 6.92 Å². The molecule has 10 heteroatoms. The molecular formula is C28H39F2N3O5. The molecule has 6 rings (SSSR count). The van der Waals surface area contributed by atoms with Crippen molar-refractivity contribution >= 4 is 17.7 Å². The lowest BCUT2D eigenvalue weighted by Gasteiger charge is -2.59. The topological polar surface area (TPSA) is 101 Å². The van der Waals surface area contributed by atoms with Crippen LogP contribution in [0.1, 0.15) is 76.1 Å². The van der Waals surface area contributed by atoms with Crippen molar-refractivity contribution in [2.24, 2.45) is 29.6 Å². The van der Waals surface area contributed by atoms with Crippen LogP contribution in [0.5, 0.6) is 5.88 Å². The van der Waals surface area contributed by atoms with Crippen LogP contribution in [0.4, 0.5) is 14.6 Å². The minimum atomic E-state index is -2.78. The van der Waals surface area contributed by atoms with Gasteiger partial charge in [-0.05, 0) is 94.6 Å². The molecule has 0 radical (unpaired) electrons. The van der Waals surface area contributed by atoms with Gasteiger partial charge in [0.15, 0.2) is 0 Å². The summed E-state index contributed by atoms with van der Waals surface area (Å²) in [5, 5.41) is 12.7. The number of carbonyl (C=O) groups is 2. The highest BCUT2D eigenvalue weighted by molar-refractivity contribution is 5.97. The highest BCUT2D eigenvalue weighted by Crippen LogP contribution is 2.57. The van der Waals surface area contributed by atoms with E-state index in [4.69, 9.17) is 14.5 Å². The summed E-state index contributed by atoms with van der Waals surface area (Å²) in [6, 6.07) is 3.45. The van der Waals surface area contributed by atoms with Gasteiger partial charge in [0.25, 0.3) is 5.91 Å². The minimum absolute atomic E-state index is 0.0229. The lowest BCUT2D eigenvalue weighted by molar-refractivity contribution is -0.260. The average molecular weight is 536 g/mol. The zero-order chi connectivity index (χ0) is 27.2. The predicted molar refractivity (Wildman–Crippen MR) is 136 cm³/mol. The average Bonchev–Trinajstić information content (AvgIpc) is 2.84. The van der Waals surface area contributed by atoms with Crippen LogP contribution in [-0.4, -0.2) is 59.4 Å². The third-order valence-electron chi connectivity index (χ3n) is 9.17. The molecule has 38 heavy (non-hydrogen) atoms. The van der Waals surface area contributed by atoms with E-state index in [1.807, 2.05) is 13.8 Å². The van der Waals surface area contributed by atoms with Crippen LogP contribution in [0.25, 0.3) is 0 Å². The van der Waals surface area contributed by atoms with Gasteiger partial charge in [0.1, 0.15) is 11.4 Å². The van der Waals surface area contributed by atoms with Gasteiger partial charge in [-0.25, -0.2) is 0 Å². The Hall–Kier alpha value is -2.49. The maximum atomic E-state index is 13.5. The largest absolute Gasteiger partial charge is 0.481 e. The van der Waals surface area contributed by atoms with E-state index in [-0.39, 0.29) is 41.7 Å². The fourth-order valence-corrected chi connectivity index (χ4v) is 7.67. The van der Waals surface area contributed by atoms with E-state index in [0.29, 0.717) is 43.1 Å². The fourth-order valence-electron chi connectivity index (χ4n) is 7.67. The number of hydrogen-bond acceptors (Lipinski definition) is 6. The summed E-state index contributed by atoms with van der Waals surface area (Å²) in [6.45, 7) is 4.07.